The highest BCUT2D eigenvalue weighted by molar-refractivity contribution is 6.31. The zero-order valence-electron chi connectivity index (χ0n) is 11.8. The van der Waals surface area contributed by atoms with Crippen LogP contribution in [0.3, 0.4) is 0 Å². The average Bonchev–Trinajstić information content (AvgIpc) is 2.46. The van der Waals surface area contributed by atoms with Crippen molar-refractivity contribution in [2.75, 3.05) is 17.2 Å². The molecule has 0 bridgehead atoms. The summed E-state index contributed by atoms with van der Waals surface area (Å²) in [6.45, 7) is 4.53. The maximum Gasteiger partial charge on any atom is 0.257 e. The Balaban J connectivity index is 2.32. The van der Waals surface area contributed by atoms with Crippen LogP contribution < -0.4 is 10.6 Å². The number of benzene rings is 2. The Morgan fingerprint density at radius 3 is 2.71 bits per heavy atom. The molecule has 0 unspecified atom stereocenters. The lowest BCUT2D eigenvalue weighted by molar-refractivity contribution is 0.102. The molecule has 0 aromatic heterocycles. The fourth-order valence-corrected chi connectivity index (χ4v) is 2.16. The minimum Gasteiger partial charge on any atom is -0.385 e. The number of amides is 1. The third-order valence-electron chi connectivity index (χ3n) is 2.99. The smallest absolute Gasteiger partial charge is 0.257 e. The predicted molar refractivity (Wildman–Crippen MR) is 84.7 cm³/mol. The number of carbonyl (C=O) groups excluding carboxylic acids is 1. The van der Waals surface area contributed by atoms with Crippen molar-refractivity contribution in [2.45, 2.75) is 13.8 Å². The zero-order valence-corrected chi connectivity index (χ0v) is 12.6. The third-order valence-corrected chi connectivity index (χ3v) is 3.28. The third kappa shape index (κ3) is 3.52. The van der Waals surface area contributed by atoms with Gasteiger partial charge >= 0.3 is 0 Å². The van der Waals surface area contributed by atoms with Gasteiger partial charge in [0.2, 0.25) is 0 Å². The standard InChI is InChI=1S/C16H16ClFN2O/c1-3-19-13-8-7-10(2)9-11(13)16(21)20-14-6-4-5-12(17)15(14)18/h4-9,19H,3H2,1-2H3,(H,20,21). The van der Waals surface area contributed by atoms with Crippen LogP contribution in [-0.2, 0) is 0 Å². The molecule has 2 aromatic carbocycles. The van der Waals surface area contributed by atoms with Crippen molar-refractivity contribution in [3.8, 4) is 0 Å². The van der Waals surface area contributed by atoms with Gasteiger partial charge in [-0.25, -0.2) is 4.39 Å². The van der Waals surface area contributed by atoms with Crippen molar-refractivity contribution in [1.82, 2.24) is 0 Å². The van der Waals surface area contributed by atoms with Crippen LogP contribution in [0.5, 0.6) is 0 Å². The summed E-state index contributed by atoms with van der Waals surface area (Å²) >= 11 is 5.71. The summed E-state index contributed by atoms with van der Waals surface area (Å²) in [4.78, 5) is 12.4. The van der Waals surface area contributed by atoms with Gasteiger partial charge in [0, 0.05) is 12.2 Å². The highest BCUT2D eigenvalue weighted by Gasteiger charge is 2.14. The Kier molecular flexibility index (Phi) is 4.81. The van der Waals surface area contributed by atoms with Gasteiger partial charge in [0.15, 0.2) is 5.82 Å². The first kappa shape index (κ1) is 15.3. The van der Waals surface area contributed by atoms with Gasteiger partial charge in [-0.3, -0.25) is 4.79 Å². The van der Waals surface area contributed by atoms with Crippen molar-refractivity contribution >= 4 is 28.9 Å². The highest BCUT2D eigenvalue weighted by Crippen LogP contribution is 2.24. The molecule has 0 aliphatic rings. The van der Waals surface area contributed by atoms with Gasteiger partial charge in [0.25, 0.3) is 5.91 Å². The molecule has 2 N–H and O–H groups in total. The minimum atomic E-state index is -0.634. The molecule has 21 heavy (non-hydrogen) atoms. The number of hydrogen-bond donors (Lipinski definition) is 2. The largest absolute Gasteiger partial charge is 0.385 e. The van der Waals surface area contributed by atoms with E-state index in [2.05, 4.69) is 10.6 Å². The van der Waals surface area contributed by atoms with Crippen LogP contribution in [0.15, 0.2) is 36.4 Å². The first-order valence-electron chi connectivity index (χ1n) is 6.62. The van der Waals surface area contributed by atoms with E-state index < -0.39 is 5.82 Å². The number of anilines is 2. The van der Waals surface area contributed by atoms with Gasteiger partial charge in [-0.1, -0.05) is 29.3 Å². The summed E-state index contributed by atoms with van der Waals surface area (Å²) in [7, 11) is 0. The molecule has 5 heteroatoms. The fraction of sp³-hybridized carbons (Fsp3) is 0.188. The molecule has 0 saturated heterocycles. The molecule has 0 saturated carbocycles. The Bertz CT molecular complexity index is 673. The number of hydrogen-bond acceptors (Lipinski definition) is 2. The second kappa shape index (κ2) is 6.59. The van der Waals surface area contributed by atoms with E-state index in [-0.39, 0.29) is 16.6 Å². The maximum absolute atomic E-state index is 13.8. The molecule has 2 aromatic rings. The van der Waals surface area contributed by atoms with Crippen LogP contribution in [0.4, 0.5) is 15.8 Å². The number of rotatable bonds is 4. The van der Waals surface area contributed by atoms with E-state index in [1.165, 1.54) is 12.1 Å². The first-order valence-corrected chi connectivity index (χ1v) is 7.00. The minimum absolute atomic E-state index is 0.0241. The van der Waals surface area contributed by atoms with Crippen LogP contribution >= 0.6 is 11.6 Å². The number of aryl methyl sites for hydroxylation is 1. The van der Waals surface area contributed by atoms with Gasteiger partial charge in [-0.2, -0.15) is 0 Å². The van der Waals surface area contributed by atoms with Gasteiger partial charge in [-0.05, 0) is 38.1 Å². The van der Waals surface area contributed by atoms with Crippen LogP contribution in [0.25, 0.3) is 0 Å². The van der Waals surface area contributed by atoms with Crippen molar-refractivity contribution in [1.29, 1.82) is 0 Å². The SMILES string of the molecule is CCNc1ccc(C)cc1C(=O)Nc1cccc(Cl)c1F. The van der Waals surface area contributed by atoms with E-state index in [0.717, 1.165) is 5.56 Å². The lowest BCUT2D eigenvalue weighted by Crippen LogP contribution is -2.16. The second-order valence-electron chi connectivity index (χ2n) is 4.63. The van der Waals surface area contributed by atoms with Gasteiger partial charge in [0.05, 0.1) is 16.3 Å². The van der Waals surface area contributed by atoms with E-state index in [1.807, 2.05) is 26.0 Å². The Labute approximate surface area is 128 Å². The molecule has 0 fully saturated rings. The first-order chi connectivity index (χ1) is 10.0. The monoisotopic (exact) mass is 306 g/mol. The summed E-state index contributed by atoms with van der Waals surface area (Å²) in [5, 5.41) is 5.65. The molecular weight excluding hydrogens is 291 g/mol. The molecule has 0 radical (unpaired) electrons. The summed E-state index contributed by atoms with van der Waals surface area (Å²) in [5.74, 6) is -1.01. The Hall–Kier alpha value is -2.07. The maximum atomic E-state index is 13.8. The lowest BCUT2D eigenvalue weighted by atomic mass is 10.1. The summed E-state index contributed by atoms with van der Waals surface area (Å²) in [5.41, 5.74) is 2.20. The van der Waals surface area contributed by atoms with Crippen LogP contribution in [-0.4, -0.2) is 12.5 Å². The van der Waals surface area contributed by atoms with Crippen LogP contribution in [0.2, 0.25) is 5.02 Å². The van der Waals surface area contributed by atoms with Gasteiger partial charge in [0.1, 0.15) is 0 Å². The lowest BCUT2D eigenvalue weighted by Gasteiger charge is -2.12. The predicted octanol–water partition coefficient (Wildman–Crippen LogP) is 4.47. The van der Waals surface area contributed by atoms with E-state index in [1.54, 1.807) is 12.1 Å². The van der Waals surface area contributed by atoms with E-state index in [4.69, 9.17) is 11.6 Å². The molecular formula is C16H16ClFN2O. The molecule has 0 spiro atoms. The summed E-state index contributed by atoms with van der Waals surface area (Å²) in [6, 6.07) is 10.0. The average molecular weight is 307 g/mol. The molecule has 0 aliphatic carbocycles. The van der Waals surface area contributed by atoms with E-state index in [9.17, 15) is 9.18 Å². The number of nitrogens with one attached hydrogen (secondary N) is 2. The molecule has 3 nitrogen and oxygen atoms in total. The quantitative estimate of drug-likeness (QED) is 0.875. The molecule has 110 valence electrons. The molecule has 0 aliphatic heterocycles. The van der Waals surface area contributed by atoms with Crippen LogP contribution in [0.1, 0.15) is 22.8 Å². The molecule has 0 atom stereocenters. The summed E-state index contributed by atoms with van der Waals surface area (Å²) < 4.78 is 13.8. The topological polar surface area (TPSA) is 41.1 Å². The van der Waals surface area contributed by atoms with Gasteiger partial charge in [-0.15, -0.1) is 0 Å². The number of carbonyl (C=O) groups is 1. The fourth-order valence-electron chi connectivity index (χ4n) is 1.98. The summed E-state index contributed by atoms with van der Waals surface area (Å²) in [6.07, 6.45) is 0. The number of halogens is 2. The van der Waals surface area contributed by atoms with Crippen molar-refractivity contribution in [3.63, 3.8) is 0 Å². The molecule has 1 amide bonds. The van der Waals surface area contributed by atoms with Crippen molar-refractivity contribution in [2.24, 2.45) is 0 Å². The van der Waals surface area contributed by atoms with Crippen LogP contribution in [0, 0.1) is 12.7 Å². The van der Waals surface area contributed by atoms with E-state index in [0.29, 0.717) is 17.8 Å². The highest BCUT2D eigenvalue weighted by atomic mass is 35.5. The van der Waals surface area contributed by atoms with E-state index >= 15 is 0 Å². The normalized spacial score (nSPS) is 10.3. The second-order valence-corrected chi connectivity index (χ2v) is 5.04. The Morgan fingerprint density at radius 1 is 1.24 bits per heavy atom. The zero-order chi connectivity index (χ0) is 15.4. The van der Waals surface area contributed by atoms with Crippen molar-refractivity contribution < 1.29 is 9.18 Å². The molecule has 2 rings (SSSR count). The van der Waals surface area contributed by atoms with Crippen molar-refractivity contribution in [3.05, 3.63) is 58.4 Å². The molecule has 0 heterocycles. The Morgan fingerprint density at radius 2 is 2.00 bits per heavy atom. The van der Waals surface area contributed by atoms with Gasteiger partial charge < -0.3 is 10.6 Å².